The third kappa shape index (κ3) is 4.36. The third-order valence-electron chi connectivity index (χ3n) is 6.31. The molecule has 3 heterocycles. The van der Waals surface area contributed by atoms with Gasteiger partial charge in [-0.05, 0) is 57.4 Å². The highest BCUT2D eigenvalue weighted by Gasteiger charge is 2.36. The van der Waals surface area contributed by atoms with Gasteiger partial charge in [0.05, 0.1) is 12.0 Å². The van der Waals surface area contributed by atoms with E-state index in [2.05, 4.69) is 23.6 Å². The van der Waals surface area contributed by atoms with Gasteiger partial charge in [-0.2, -0.15) is 0 Å². The van der Waals surface area contributed by atoms with Crippen molar-refractivity contribution in [3.63, 3.8) is 0 Å². The molecule has 0 bridgehead atoms. The van der Waals surface area contributed by atoms with Crippen LogP contribution < -0.4 is 0 Å². The van der Waals surface area contributed by atoms with Crippen LogP contribution in [-0.4, -0.2) is 71.8 Å². The maximum atomic E-state index is 13.0. The largest absolute Gasteiger partial charge is 0.342 e. The van der Waals surface area contributed by atoms with Crippen molar-refractivity contribution in [2.24, 2.45) is 17.8 Å². The molecule has 3 saturated heterocycles. The Balaban J connectivity index is 1.58. The lowest BCUT2D eigenvalue weighted by atomic mass is 9.91. The van der Waals surface area contributed by atoms with Gasteiger partial charge in [-0.15, -0.1) is 0 Å². The molecule has 0 aromatic heterocycles. The number of carbonyl (C=O) groups is 2. The number of hydrogen-bond donors (Lipinski definition) is 0. The van der Waals surface area contributed by atoms with Crippen LogP contribution in [0.4, 0.5) is 0 Å². The van der Waals surface area contributed by atoms with Gasteiger partial charge in [-0.25, -0.2) is 0 Å². The summed E-state index contributed by atoms with van der Waals surface area (Å²) in [5.41, 5.74) is 0. The summed E-state index contributed by atoms with van der Waals surface area (Å²) in [6.45, 7) is 11.8. The van der Waals surface area contributed by atoms with Crippen LogP contribution in [0.1, 0.15) is 52.9 Å². The lowest BCUT2D eigenvalue weighted by Gasteiger charge is -2.41. The molecule has 0 aliphatic carbocycles. The molecule has 5 heteroatoms. The number of piperidine rings is 2. The highest BCUT2D eigenvalue weighted by molar-refractivity contribution is 5.82. The van der Waals surface area contributed by atoms with Gasteiger partial charge in [-0.3, -0.25) is 14.5 Å². The molecule has 0 aromatic carbocycles. The van der Waals surface area contributed by atoms with E-state index in [4.69, 9.17) is 0 Å². The lowest BCUT2D eigenvalue weighted by molar-refractivity contribution is -0.143. The van der Waals surface area contributed by atoms with Crippen molar-refractivity contribution in [2.45, 2.75) is 58.9 Å². The molecule has 0 aromatic rings. The van der Waals surface area contributed by atoms with Crippen molar-refractivity contribution in [3.05, 3.63) is 0 Å². The number of amides is 2. The highest BCUT2D eigenvalue weighted by atomic mass is 16.2. The van der Waals surface area contributed by atoms with Gasteiger partial charge in [0.15, 0.2) is 0 Å². The Morgan fingerprint density at radius 3 is 2.16 bits per heavy atom. The van der Waals surface area contributed by atoms with Crippen molar-refractivity contribution < 1.29 is 9.59 Å². The number of likely N-dealkylation sites (tertiary alicyclic amines) is 3. The van der Waals surface area contributed by atoms with Crippen molar-refractivity contribution >= 4 is 11.8 Å². The predicted octanol–water partition coefficient (Wildman–Crippen LogP) is 2.21. The Labute approximate surface area is 152 Å². The molecule has 0 radical (unpaired) electrons. The van der Waals surface area contributed by atoms with Crippen molar-refractivity contribution in [3.8, 4) is 0 Å². The molecule has 4 atom stereocenters. The van der Waals surface area contributed by atoms with Crippen molar-refractivity contribution in [1.29, 1.82) is 0 Å². The summed E-state index contributed by atoms with van der Waals surface area (Å²) in [5, 5.41) is 0. The van der Waals surface area contributed by atoms with Crippen LogP contribution in [0.3, 0.4) is 0 Å². The number of rotatable bonds is 3. The van der Waals surface area contributed by atoms with E-state index in [9.17, 15) is 9.59 Å². The van der Waals surface area contributed by atoms with Crippen LogP contribution in [-0.2, 0) is 9.59 Å². The average molecular weight is 350 g/mol. The second-order valence-corrected chi connectivity index (χ2v) is 8.73. The monoisotopic (exact) mass is 349 g/mol. The van der Waals surface area contributed by atoms with Crippen LogP contribution in [0, 0.1) is 17.8 Å². The Morgan fingerprint density at radius 2 is 1.52 bits per heavy atom. The molecule has 0 saturated carbocycles. The summed E-state index contributed by atoms with van der Waals surface area (Å²) in [6.07, 6.45) is 5.50. The van der Waals surface area contributed by atoms with Crippen LogP contribution in [0.15, 0.2) is 0 Å². The van der Waals surface area contributed by atoms with Gasteiger partial charge in [0.2, 0.25) is 11.8 Å². The van der Waals surface area contributed by atoms with Crippen LogP contribution in [0.2, 0.25) is 0 Å². The topological polar surface area (TPSA) is 43.9 Å². The molecule has 3 aliphatic rings. The summed E-state index contributed by atoms with van der Waals surface area (Å²) in [6, 6.07) is -0.105. The molecule has 0 spiro atoms. The first kappa shape index (κ1) is 18.7. The number of nitrogens with zero attached hydrogens (tertiary/aromatic N) is 3. The first-order valence-electron chi connectivity index (χ1n) is 10.3. The van der Waals surface area contributed by atoms with Gasteiger partial charge < -0.3 is 9.80 Å². The molecule has 0 unspecified atom stereocenters. The summed E-state index contributed by atoms with van der Waals surface area (Å²) >= 11 is 0. The average Bonchev–Trinajstić information content (AvgIpc) is 3.13. The SMILES string of the molecule is C[C@@H]1C[C@H](C)CN(C(=O)[C@@H](C)N2CCC[C@H](C(=O)N3CCCC3)C2)C1. The van der Waals surface area contributed by atoms with Gasteiger partial charge in [0.1, 0.15) is 0 Å². The second-order valence-electron chi connectivity index (χ2n) is 8.73. The minimum atomic E-state index is -0.105. The lowest BCUT2D eigenvalue weighted by Crippen LogP contribution is -2.54. The molecule has 25 heavy (non-hydrogen) atoms. The Morgan fingerprint density at radius 1 is 0.880 bits per heavy atom. The fourth-order valence-electron chi connectivity index (χ4n) is 5.02. The van der Waals surface area contributed by atoms with E-state index in [-0.39, 0.29) is 17.9 Å². The van der Waals surface area contributed by atoms with Gasteiger partial charge in [0, 0.05) is 32.7 Å². The molecule has 3 aliphatic heterocycles. The van der Waals surface area contributed by atoms with E-state index in [1.807, 2.05) is 11.8 Å². The Bertz CT molecular complexity index is 479. The third-order valence-corrected chi connectivity index (χ3v) is 6.31. The summed E-state index contributed by atoms with van der Waals surface area (Å²) < 4.78 is 0. The van der Waals surface area contributed by atoms with E-state index in [0.29, 0.717) is 17.7 Å². The van der Waals surface area contributed by atoms with E-state index in [1.54, 1.807) is 0 Å². The van der Waals surface area contributed by atoms with Gasteiger partial charge in [-0.1, -0.05) is 13.8 Å². The van der Waals surface area contributed by atoms with E-state index in [1.165, 1.54) is 6.42 Å². The Hall–Kier alpha value is -1.10. The fraction of sp³-hybridized carbons (Fsp3) is 0.900. The molecule has 3 fully saturated rings. The van der Waals surface area contributed by atoms with E-state index >= 15 is 0 Å². The van der Waals surface area contributed by atoms with Gasteiger partial charge >= 0.3 is 0 Å². The maximum absolute atomic E-state index is 13.0. The highest BCUT2D eigenvalue weighted by Crippen LogP contribution is 2.25. The maximum Gasteiger partial charge on any atom is 0.239 e. The Kier molecular flexibility index (Phi) is 6.03. The van der Waals surface area contributed by atoms with Crippen LogP contribution >= 0.6 is 0 Å². The quantitative estimate of drug-likeness (QED) is 0.785. The molecule has 3 rings (SSSR count). The van der Waals surface area contributed by atoms with Crippen LogP contribution in [0.25, 0.3) is 0 Å². The molecular formula is C20H35N3O2. The predicted molar refractivity (Wildman–Crippen MR) is 99.1 cm³/mol. The molecule has 5 nitrogen and oxygen atoms in total. The normalized spacial score (nSPS) is 32.7. The van der Waals surface area contributed by atoms with Crippen LogP contribution in [0.5, 0.6) is 0 Å². The molecule has 2 amide bonds. The van der Waals surface area contributed by atoms with E-state index in [0.717, 1.165) is 65.0 Å². The summed E-state index contributed by atoms with van der Waals surface area (Å²) in [5.74, 6) is 1.84. The summed E-state index contributed by atoms with van der Waals surface area (Å²) in [4.78, 5) is 32.1. The first-order chi connectivity index (χ1) is 12.0. The van der Waals surface area contributed by atoms with E-state index < -0.39 is 0 Å². The number of carbonyl (C=O) groups excluding carboxylic acids is 2. The minimum absolute atomic E-state index is 0.0845. The smallest absolute Gasteiger partial charge is 0.239 e. The standard InChI is InChI=1S/C20H35N3O2/c1-15-11-16(2)13-23(12-15)19(24)17(3)22-10-6-7-18(14-22)20(25)21-8-4-5-9-21/h15-18H,4-14H2,1-3H3/t15-,16+,17-,18+/m1/s1. The second kappa shape index (κ2) is 8.07. The van der Waals surface area contributed by atoms with Crippen molar-refractivity contribution in [2.75, 3.05) is 39.3 Å². The molecular weight excluding hydrogens is 314 g/mol. The zero-order valence-electron chi connectivity index (χ0n) is 16.2. The molecule has 0 N–H and O–H groups in total. The first-order valence-corrected chi connectivity index (χ1v) is 10.3. The zero-order chi connectivity index (χ0) is 18.0. The zero-order valence-corrected chi connectivity index (χ0v) is 16.2. The fourth-order valence-corrected chi connectivity index (χ4v) is 5.02. The minimum Gasteiger partial charge on any atom is -0.342 e. The number of hydrogen-bond acceptors (Lipinski definition) is 3. The van der Waals surface area contributed by atoms with Crippen molar-refractivity contribution in [1.82, 2.24) is 14.7 Å². The molecule has 142 valence electrons. The van der Waals surface area contributed by atoms with Gasteiger partial charge in [0.25, 0.3) is 0 Å². The summed E-state index contributed by atoms with van der Waals surface area (Å²) in [7, 11) is 0.